The Bertz CT molecular complexity index is 1230. The molecule has 1 aromatic carbocycles. The number of benzene rings is 1. The molecular weight excluding hydrogens is 527 g/mol. The van der Waals surface area contributed by atoms with Crippen LogP contribution in [0.2, 0.25) is 0 Å². The van der Waals surface area contributed by atoms with Crippen LogP contribution in [0.1, 0.15) is 5.01 Å². The molecule has 2 aliphatic rings. The summed E-state index contributed by atoms with van der Waals surface area (Å²) in [6.45, 7) is 5.36. The molecule has 2 aliphatic heterocycles. The summed E-state index contributed by atoms with van der Waals surface area (Å²) in [6.07, 6.45) is 0. The van der Waals surface area contributed by atoms with Crippen molar-refractivity contribution >= 4 is 48.0 Å². The van der Waals surface area contributed by atoms with Crippen molar-refractivity contribution in [2.24, 2.45) is 0 Å². The number of nitrogens with one attached hydrogen (secondary N) is 1. The van der Waals surface area contributed by atoms with Gasteiger partial charge in [0.1, 0.15) is 0 Å². The number of aromatic amines is 1. The van der Waals surface area contributed by atoms with E-state index >= 15 is 0 Å². The summed E-state index contributed by atoms with van der Waals surface area (Å²) in [5.74, 6) is 0. The Morgan fingerprint density at radius 3 is 2.61 bits per heavy atom. The quantitative estimate of drug-likeness (QED) is 0.297. The monoisotopic (exact) mass is 548 g/mol. The Balaban J connectivity index is 1.34. The number of ether oxygens (including phenoxy) is 2. The van der Waals surface area contributed by atoms with Gasteiger partial charge in [0, 0.05) is 0 Å². The fourth-order valence-electron chi connectivity index (χ4n) is 3.64. The summed E-state index contributed by atoms with van der Waals surface area (Å²) >= 11 is 0.319. The average Bonchev–Trinajstić information content (AvgIpc) is 3.46. The predicted octanol–water partition coefficient (Wildman–Crippen LogP) is 4.10. The van der Waals surface area contributed by atoms with E-state index < -0.39 is 19.8 Å². The summed E-state index contributed by atoms with van der Waals surface area (Å²) in [4.78, 5) is 15.2. The van der Waals surface area contributed by atoms with Crippen LogP contribution in [0, 0.1) is 10.5 Å². The van der Waals surface area contributed by atoms with Crippen LogP contribution >= 0.6 is 31.2 Å². The molecule has 2 fully saturated rings. The Morgan fingerprint density at radius 2 is 1.90 bits per heavy atom. The molecule has 8 nitrogen and oxygen atoms in total. The first-order chi connectivity index (χ1) is 15.2. The van der Waals surface area contributed by atoms with Crippen LogP contribution in [0.25, 0.3) is 22.4 Å². The van der Waals surface area contributed by atoms with Gasteiger partial charge in [-0.3, -0.25) is 0 Å². The van der Waals surface area contributed by atoms with Gasteiger partial charge in [0.05, 0.1) is 0 Å². The van der Waals surface area contributed by atoms with E-state index in [1.807, 2.05) is 6.92 Å². The third-order valence-electron chi connectivity index (χ3n) is 5.28. The minimum absolute atomic E-state index is 0.406. The Labute approximate surface area is 190 Å². The average molecular weight is 548 g/mol. The number of morpholine rings is 1. The molecule has 10 heteroatoms. The number of H-pyrrole nitrogens is 1. The molecule has 0 radical (unpaired) electrons. The first-order valence-corrected chi connectivity index (χ1v) is 15.1. The number of imidazole rings is 1. The van der Waals surface area contributed by atoms with E-state index in [1.165, 1.54) is 29.4 Å². The third kappa shape index (κ3) is 3.99. The van der Waals surface area contributed by atoms with Crippen LogP contribution in [-0.4, -0.2) is 60.3 Å². The molecule has 0 amide bonds. The van der Waals surface area contributed by atoms with E-state index in [0.717, 1.165) is 48.1 Å². The van der Waals surface area contributed by atoms with Gasteiger partial charge in [-0.2, -0.15) is 0 Å². The van der Waals surface area contributed by atoms with Crippen molar-refractivity contribution in [1.82, 2.24) is 25.1 Å². The molecule has 4 aromatic rings. The SMILES string of the molecule is Cc1nnc(Oc2nc3nc(-c4ccc(N5CCOCC5)cc4)c(I4CC4)cc3[nH]2)s1. The summed E-state index contributed by atoms with van der Waals surface area (Å²) in [5, 5.41) is 9.34. The van der Waals surface area contributed by atoms with Crippen LogP contribution < -0.4 is 9.64 Å². The molecule has 6 rings (SSSR count). The van der Waals surface area contributed by atoms with E-state index in [2.05, 4.69) is 55.4 Å². The Morgan fingerprint density at radius 1 is 1.10 bits per heavy atom. The van der Waals surface area contributed by atoms with Crippen LogP contribution in [0.4, 0.5) is 5.69 Å². The number of pyridine rings is 1. The summed E-state index contributed by atoms with van der Waals surface area (Å²) in [5.41, 5.74) is 5.06. The van der Waals surface area contributed by atoms with Crippen molar-refractivity contribution in [3.05, 3.63) is 38.9 Å². The molecule has 5 heterocycles. The number of alkyl halides is 2. The standard InChI is InChI=1S/C21H21IN6O2S/c1-13-26-27-21(31-13)30-20-23-17-12-16(22-6-7-22)18(24-19(17)25-20)14-2-4-15(5-3-14)28-8-10-29-11-9-28/h2-5,12H,6-11H2,1H3,(H,23,24,25). The van der Waals surface area contributed by atoms with Gasteiger partial charge < -0.3 is 0 Å². The Kier molecular flexibility index (Phi) is 4.99. The second-order valence-corrected chi connectivity index (χ2v) is 14.5. The molecule has 0 atom stereocenters. The maximum atomic E-state index is 5.76. The van der Waals surface area contributed by atoms with E-state index in [4.69, 9.17) is 14.5 Å². The number of hydrogen-bond donors (Lipinski definition) is 1. The number of nitrogens with zero attached hydrogens (tertiary/aromatic N) is 5. The number of rotatable bonds is 5. The topological polar surface area (TPSA) is 89.1 Å². The molecule has 0 saturated carbocycles. The van der Waals surface area contributed by atoms with Gasteiger partial charge in [0.25, 0.3) is 0 Å². The van der Waals surface area contributed by atoms with Gasteiger partial charge in [0.15, 0.2) is 0 Å². The number of aromatic nitrogens is 5. The third-order valence-corrected chi connectivity index (χ3v) is 10.6. The molecule has 0 spiro atoms. The first kappa shape index (κ1) is 19.4. The summed E-state index contributed by atoms with van der Waals surface area (Å²) < 4.78 is 15.4. The fraction of sp³-hybridized carbons (Fsp3) is 0.333. The molecule has 31 heavy (non-hydrogen) atoms. The van der Waals surface area contributed by atoms with Gasteiger partial charge in [-0.25, -0.2) is 0 Å². The fourth-order valence-corrected chi connectivity index (χ4v) is 8.82. The van der Waals surface area contributed by atoms with Gasteiger partial charge >= 0.3 is 191 Å². The van der Waals surface area contributed by atoms with Crippen LogP contribution in [0.3, 0.4) is 0 Å². The zero-order valence-electron chi connectivity index (χ0n) is 17.0. The van der Waals surface area contributed by atoms with Crippen LogP contribution in [0.15, 0.2) is 30.3 Å². The summed E-state index contributed by atoms with van der Waals surface area (Å²) in [6, 6.07) is 11.4. The molecule has 0 unspecified atom stereocenters. The number of halogens is 1. The number of fused-ring (bicyclic) bond motifs is 1. The van der Waals surface area contributed by atoms with Crippen molar-refractivity contribution in [1.29, 1.82) is 0 Å². The van der Waals surface area contributed by atoms with E-state index in [9.17, 15) is 0 Å². The normalized spacial score (nSPS) is 17.3. The van der Waals surface area contributed by atoms with E-state index in [-0.39, 0.29) is 0 Å². The zero-order chi connectivity index (χ0) is 20.8. The first-order valence-electron chi connectivity index (χ1n) is 10.2. The van der Waals surface area contributed by atoms with Gasteiger partial charge in [-0.1, -0.05) is 0 Å². The molecule has 0 aliphatic carbocycles. The second kappa shape index (κ2) is 7.99. The second-order valence-electron chi connectivity index (χ2n) is 7.40. The van der Waals surface area contributed by atoms with E-state index in [0.29, 0.717) is 16.9 Å². The Hall–Kier alpha value is -2.31. The van der Waals surface area contributed by atoms with Gasteiger partial charge in [-0.05, 0) is 0 Å². The molecule has 2 saturated heterocycles. The van der Waals surface area contributed by atoms with Gasteiger partial charge in [0.2, 0.25) is 0 Å². The van der Waals surface area contributed by atoms with Gasteiger partial charge in [-0.15, -0.1) is 0 Å². The van der Waals surface area contributed by atoms with Crippen molar-refractivity contribution in [3.63, 3.8) is 0 Å². The van der Waals surface area contributed by atoms with Crippen LogP contribution in [-0.2, 0) is 4.74 Å². The van der Waals surface area contributed by atoms with Crippen molar-refractivity contribution in [2.45, 2.75) is 6.92 Å². The number of anilines is 1. The number of aryl methyl sites for hydroxylation is 1. The molecule has 160 valence electrons. The summed E-state index contributed by atoms with van der Waals surface area (Å²) in [7, 11) is 0. The van der Waals surface area contributed by atoms with Crippen molar-refractivity contribution in [3.8, 4) is 22.5 Å². The number of hydrogen-bond acceptors (Lipinski definition) is 8. The van der Waals surface area contributed by atoms with Crippen molar-refractivity contribution < 1.29 is 9.47 Å². The zero-order valence-corrected chi connectivity index (χ0v) is 19.9. The van der Waals surface area contributed by atoms with Crippen molar-refractivity contribution in [2.75, 3.05) is 40.1 Å². The van der Waals surface area contributed by atoms with Crippen LogP contribution in [0.5, 0.6) is 11.2 Å². The maximum absolute atomic E-state index is 5.76. The molecular formula is C21H21IN6O2S. The molecule has 3 aromatic heterocycles. The van der Waals surface area contributed by atoms with E-state index in [1.54, 1.807) is 0 Å². The minimum atomic E-state index is -1.08. The predicted molar refractivity (Wildman–Crippen MR) is 130 cm³/mol. The molecule has 1 N–H and O–H groups in total. The molecule has 0 bridgehead atoms.